The van der Waals surface area contributed by atoms with Gasteiger partial charge in [-0.15, -0.1) is 0 Å². The van der Waals surface area contributed by atoms with Crippen molar-refractivity contribution in [1.82, 2.24) is 9.78 Å². The molecule has 4 nitrogen and oxygen atoms in total. The molecule has 0 fully saturated rings. The third-order valence-electron chi connectivity index (χ3n) is 2.31. The van der Waals surface area contributed by atoms with Gasteiger partial charge in [0, 0.05) is 10.5 Å². The Morgan fingerprint density at radius 1 is 1.35 bits per heavy atom. The van der Waals surface area contributed by atoms with Gasteiger partial charge in [-0.1, -0.05) is 15.9 Å². The summed E-state index contributed by atoms with van der Waals surface area (Å²) in [6.07, 6.45) is 0. The quantitative estimate of drug-likeness (QED) is 0.808. The van der Waals surface area contributed by atoms with E-state index in [1.54, 1.807) is 19.1 Å². The van der Waals surface area contributed by atoms with E-state index < -0.39 is 0 Å². The molecule has 2 rings (SSSR count). The van der Waals surface area contributed by atoms with Gasteiger partial charge >= 0.3 is 0 Å². The predicted molar refractivity (Wildman–Crippen MR) is 67.0 cm³/mol. The molecule has 0 amide bonds. The van der Waals surface area contributed by atoms with E-state index in [9.17, 15) is 4.79 Å². The monoisotopic (exact) mass is 289 g/mol. The number of hydrogen-bond acceptors (Lipinski definition) is 3. The molecule has 0 unspecified atom stereocenters. The standard InChI is InChI=1S/C12H8BrN3O/c1-8-9(7-14)6-12(17)16(15-8)11-4-2-10(13)3-5-11/h2-6H,1H3. The number of aromatic nitrogens is 2. The SMILES string of the molecule is Cc1nn(-c2ccc(Br)cc2)c(=O)cc1C#N. The molecule has 0 saturated heterocycles. The lowest BCUT2D eigenvalue weighted by Gasteiger charge is -2.05. The number of aryl methyl sites for hydroxylation is 1. The van der Waals surface area contributed by atoms with Crippen molar-refractivity contribution in [3.63, 3.8) is 0 Å². The van der Waals surface area contributed by atoms with Gasteiger partial charge in [-0.25, -0.2) is 0 Å². The van der Waals surface area contributed by atoms with Gasteiger partial charge in [0.2, 0.25) is 0 Å². The van der Waals surface area contributed by atoms with Crippen LogP contribution in [0.15, 0.2) is 39.6 Å². The van der Waals surface area contributed by atoms with Crippen molar-refractivity contribution in [2.75, 3.05) is 0 Å². The molecule has 0 spiro atoms. The van der Waals surface area contributed by atoms with E-state index >= 15 is 0 Å². The van der Waals surface area contributed by atoms with Crippen molar-refractivity contribution >= 4 is 15.9 Å². The highest BCUT2D eigenvalue weighted by Gasteiger charge is 2.06. The second-order valence-electron chi connectivity index (χ2n) is 3.48. The Balaban J connectivity index is 2.62. The lowest BCUT2D eigenvalue weighted by Crippen LogP contribution is -2.22. The van der Waals surface area contributed by atoms with Gasteiger partial charge in [-0.2, -0.15) is 15.0 Å². The Labute approximate surface area is 106 Å². The molecule has 0 bridgehead atoms. The van der Waals surface area contributed by atoms with Crippen LogP contribution in [0.2, 0.25) is 0 Å². The van der Waals surface area contributed by atoms with E-state index in [0.717, 1.165) is 4.47 Å². The molecule has 1 aromatic carbocycles. The summed E-state index contributed by atoms with van der Waals surface area (Å²) in [5, 5.41) is 12.9. The molecular formula is C12H8BrN3O. The third-order valence-corrected chi connectivity index (χ3v) is 2.84. The second-order valence-corrected chi connectivity index (χ2v) is 4.40. The first-order chi connectivity index (χ1) is 8.11. The summed E-state index contributed by atoms with van der Waals surface area (Å²) in [6.45, 7) is 1.70. The molecule has 2 aromatic rings. The lowest BCUT2D eigenvalue weighted by atomic mass is 10.2. The van der Waals surface area contributed by atoms with Crippen molar-refractivity contribution in [2.24, 2.45) is 0 Å². The van der Waals surface area contributed by atoms with E-state index in [2.05, 4.69) is 21.0 Å². The van der Waals surface area contributed by atoms with Crippen LogP contribution in [0.5, 0.6) is 0 Å². The second kappa shape index (κ2) is 4.52. The highest BCUT2D eigenvalue weighted by molar-refractivity contribution is 9.10. The number of benzene rings is 1. The van der Waals surface area contributed by atoms with E-state index in [-0.39, 0.29) is 5.56 Å². The first-order valence-corrected chi connectivity index (χ1v) is 5.68. The topological polar surface area (TPSA) is 58.7 Å². The van der Waals surface area contributed by atoms with Gasteiger partial charge in [-0.3, -0.25) is 4.79 Å². The zero-order chi connectivity index (χ0) is 12.4. The molecule has 0 aliphatic rings. The van der Waals surface area contributed by atoms with E-state index in [1.165, 1.54) is 10.7 Å². The van der Waals surface area contributed by atoms with Crippen LogP contribution in [0, 0.1) is 18.3 Å². The molecule has 0 aliphatic carbocycles. The first kappa shape index (κ1) is 11.6. The summed E-state index contributed by atoms with van der Waals surface area (Å²) < 4.78 is 2.21. The number of nitrogens with zero attached hydrogens (tertiary/aromatic N) is 3. The molecule has 0 saturated carbocycles. The molecular weight excluding hydrogens is 282 g/mol. The zero-order valence-corrected chi connectivity index (χ0v) is 10.6. The normalized spacial score (nSPS) is 9.94. The molecule has 0 N–H and O–H groups in total. The molecule has 0 aliphatic heterocycles. The summed E-state index contributed by atoms with van der Waals surface area (Å²) in [6, 6.07) is 10.5. The molecule has 1 aromatic heterocycles. The zero-order valence-electron chi connectivity index (χ0n) is 9.01. The van der Waals surface area contributed by atoms with E-state index in [4.69, 9.17) is 5.26 Å². The molecule has 0 radical (unpaired) electrons. The largest absolute Gasteiger partial charge is 0.272 e. The van der Waals surface area contributed by atoms with Crippen molar-refractivity contribution in [1.29, 1.82) is 5.26 Å². The van der Waals surface area contributed by atoms with Gasteiger partial charge in [0.15, 0.2) is 0 Å². The Kier molecular flexibility index (Phi) is 3.07. The minimum atomic E-state index is -0.311. The minimum Gasteiger partial charge on any atom is -0.267 e. The Bertz CT molecular complexity index is 653. The van der Waals surface area contributed by atoms with Crippen LogP contribution in [-0.4, -0.2) is 9.78 Å². The van der Waals surface area contributed by atoms with Gasteiger partial charge in [0.25, 0.3) is 5.56 Å². The molecule has 0 atom stereocenters. The first-order valence-electron chi connectivity index (χ1n) is 4.89. The molecule has 84 valence electrons. The van der Waals surface area contributed by atoms with Crippen LogP contribution < -0.4 is 5.56 Å². The van der Waals surface area contributed by atoms with Crippen molar-refractivity contribution in [3.05, 3.63) is 56.4 Å². The van der Waals surface area contributed by atoms with Crippen molar-refractivity contribution in [2.45, 2.75) is 6.92 Å². The Morgan fingerprint density at radius 2 is 2.00 bits per heavy atom. The summed E-state index contributed by atoms with van der Waals surface area (Å²) in [4.78, 5) is 11.8. The van der Waals surface area contributed by atoms with Gasteiger partial charge < -0.3 is 0 Å². The van der Waals surface area contributed by atoms with Gasteiger partial charge in [-0.05, 0) is 31.2 Å². The molecule has 17 heavy (non-hydrogen) atoms. The van der Waals surface area contributed by atoms with Gasteiger partial charge in [0.1, 0.15) is 6.07 Å². The summed E-state index contributed by atoms with van der Waals surface area (Å²) in [7, 11) is 0. The van der Waals surface area contributed by atoms with Crippen LogP contribution in [0.3, 0.4) is 0 Å². The smallest absolute Gasteiger partial charge is 0.267 e. The Morgan fingerprint density at radius 3 is 2.59 bits per heavy atom. The highest BCUT2D eigenvalue weighted by atomic mass is 79.9. The van der Waals surface area contributed by atoms with Crippen LogP contribution in [0.1, 0.15) is 11.3 Å². The average molecular weight is 290 g/mol. The van der Waals surface area contributed by atoms with Crippen molar-refractivity contribution < 1.29 is 0 Å². The van der Waals surface area contributed by atoms with Gasteiger partial charge in [0.05, 0.1) is 16.9 Å². The van der Waals surface area contributed by atoms with Crippen LogP contribution in [0.25, 0.3) is 5.69 Å². The maximum absolute atomic E-state index is 11.8. The fraction of sp³-hybridized carbons (Fsp3) is 0.0833. The fourth-order valence-corrected chi connectivity index (χ4v) is 1.69. The maximum Gasteiger partial charge on any atom is 0.272 e. The van der Waals surface area contributed by atoms with Crippen LogP contribution >= 0.6 is 15.9 Å². The van der Waals surface area contributed by atoms with E-state index in [1.807, 2.05) is 18.2 Å². The van der Waals surface area contributed by atoms with Crippen LogP contribution in [-0.2, 0) is 0 Å². The molecule has 5 heteroatoms. The number of hydrogen-bond donors (Lipinski definition) is 0. The predicted octanol–water partition coefficient (Wildman–Crippen LogP) is 2.18. The number of halogens is 1. The number of rotatable bonds is 1. The maximum atomic E-state index is 11.8. The lowest BCUT2D eigenvalue weighted by molar-refractivity contribution is 0.782. The Hall–Kier alpha value is -1.93. The number of nitriles is 1. The third kappa shape index (κ3) is 2.27. The summed E-state index contributed by atoms with van der Waals surface area (Å²) in [5.41, 5.74) is 1.21. The summed E-state index contributed by atoms with van der Waals surface area (Å²) in [5.74, 6) is 0. The van der Waals surface area contributed by atoms with E-state index in [0.29, 0.717) is 16.9 Å². The average Bonchev–Trinajstić information content (AvgIpc) is 2.33. The van der Waals surface area contributed by atoms with Crippen LogP contribution in [0.4, 0.5) is 0 Å². The summed E-state index contributed by atoms with van der Waals surface area (Å²) >= 11 is 3.32. The highest BCUT2D eigenvalue weighted by Crippen LogP contribution is 2.12. The van der Waals surface area contributed by atoms with Crippen molar-refractivity contribution in [3.8, 4) is 11.8 Å². The molecule has 1 heterocycles. The minimum absolute atomic E-state index is 0.309. The fourth-order valence-electron chi connectivity index (χ4n) is 1.42.